The van der Waals surface area contributed by atoms with Crippen molar-refractivity contribution in [3.63, 3.8) is 0 Å². The number of hydrogen-bond acceptors (Lipinski definition) is 5. The molecule has 0 aliphatic carbocycles. The van der Waals surface area contributed by atoms with Gasteiger partial charge < -0.3 is 19.6 Å². The molecule has 6 heteroatoms. The fraction of sp³-hybridized carbons (Fsp3) is 0.167. The molecule has 2 N–H and O–H groups in total. The monoisotopic (exact) mass is 246 g/mol. The zero-order valence-corrected chi connectivity index (χ0v) is 9.29. The van der Waals surface area contributed by atoms with Gasteiger partial charge in [0, 0.05) is 12.3 Å². The van der Waals surface area contributed by atoms with E-state index in [1.54, 1.807) is 6.20 Å². The van der Waals surface area contributed by atoms with E-state index in [0.29, 0.717) is 18.2 Å². The van der Waals surface area contributed by atoms with Crippen LogP contribution in [0.5, 0.6) is 5.75 Å². The van der Waals surface area contributed by atoms with Crippen molar-refractivity contribution in [2.45, 2.75) is 6.10 Å². The van der Waals surface area contributed by atoms with Crippen LogP contribution in [0.25, 0.3) is 0 Å². The van der Waals surface area contributed by atoms with Crippen LogP contribution in [0.1, 0.15) is 22.4 Å². The van der Waals surface area contributed by atoms with Crippen LogP contribution in [-0.2, 0) is 0 Å². The summed E-state index contributed by atoms with van der Waals surface area (Å²) in [6.07, 6.45) is 1.43. The van der Waals surface area contributed by atoms with Crippen LogP contribution in [0, 0.1) is 0 Å². The number of carbonyl (C=O) groups is 1. The second-order valence-electron chi connectivity index (χ2n) is 3.85. The summed E-state index contributed by atoms with van der Waals surface area (Å²) in [6.45, 7) is 0.483. The van der Waals surface area contributed by atoms with Crippen LogP contribution in [0.4, 0.5) is 5.88 Å². The highest BCUT2D eigenvalue weighted by molar-refractivity contribution is 5.86. The van der Waals surface area contributed by atoms with Crippen LogP contribution < -0.4 is 10.1 Å². The molecule has 1 atom stereocenters. The Balaban J connectivity index is 1.87. The third-order valence-corrected chi connectivity index (χ3v) is 2.64. The molecule has 1 unspecified atom stereocenters. The lowest BCUT2D eigenvalue weighted by Crippen LogP contribution is -2.23. The van der Waals surface area contributed by atoms with E-state index < -0.39 is 5.97 Å². The predicted molar refractivity (Wildman–Crippen MR) is 61.8 cm³/mol. The lowest BCUT2D eigenvalue weighted by molar-refractivity contribution is 0.0663. The summed E-state index contributed by atoms with van der Waals surface area (Å²) in [5, 5.41) is 11.8. The Morgan fingerprint density at radius 2 is 2.39 bits per heavy atom. The topological polar surface area (TPSA) is 84.6 Å². The Hall–Kier alpha value is -2.50. The van der Waals surface area contributed by atoms with Gasteiger partial charge in [0.1, 0.15) is 0 Å². The second kappa shape index (κ2) is 4.06. The van der Waals surface area contributed by atoms with Gasteiger partial charge in [0.25, 0.3) is 0 Å². The predicted octanol–water partition coefficient (Wildman–Crippen LogP) is 1.92. The zero-order valence-electron chi connectivity index (χ0n) is 9.29. The maximum atomic E-state index is 10.8. The van der Waals surface area contributed by atoms with Gasteiger partial charge in [-0.15, -0.1) is 0 Å². The minimum Gasteiger partial charge on any atom is -0.477 e. The molecule has 2 aromatic rings. The number of furan rings is 1. The molecule has 0 bridgehead atoms. The van der Waals surface area contributed by atoms with Crippen LogP contribution >= 0.6 is 0 Å². The van der Waals surface area contributed by atoms with E-state index in [1.165, 1.54) is 6.07 Å². The summed E-state index contributed by atoms with van der Waals surface area (Å²) in [4.78, 5) is 15.0. The number of carboxylic acids is 1. The maximum absolute atomic E-state index is 10.8. The van der Waals surface area contributed by atoms with Gasteiger partial charge in [-0.1, -0.05) is 6.07 Å². The third kappa shape index (κ3) is 1.77. The Bertz CT molecular complexity index is 579. The molecule has 0 radical (unpaired) electrons. The van der Waals surface area contributed by atoms with E-state index in [2.05, 4.69) is 10.3 Å². The number of rotatable bonds is 2. The van der Waals surface area contributed by atoms with Gasteiger partial charge in [-0.3, -0.25) is 4.98 Å². The molecule has 3 rings (SSSR count). The first-order chi connectivity index (χ1) is 8.74. The molecule has 0 saturated heterocycles. The Morgan fingerprint density at radius 3 is 3.11 bits per heavy atom. The van der Waals surface area contributed by atoms with Crippen molar-refractivity contribution in [3.8, 4) is 5.75 Å². The molecule has 18 heavy (non-hydrogen) atoms. The third-order valence-electron chi connectivity index (χ3n) is 2.64. The molecular formula is C12H10N2O4. The SMILES string of the molecule is O=C(O)c1cc2c(o1)NCC(c1ccccn1)O2. The van der Waals surface area contributed by atoms with Crippen molar-refractivity contribution in [2.24, 2.45) is 0 Å². The summed E-state index contributed by atoms with van der Waals surface area (Å²) in [7, 11) is 0. The van der Waals surface area contributed by atoms with E-state index >= 15 is 0 Å². The summed E-state index contributed by atoms with van der Waals surface area (Å²) in [6, 6.07) is 6.92. The minimum atomic E-state index is -1.12. The molecule has 0 spiro atoms. The zero-order chi connectivity index (χ0) is 12.5. The molecule has 0 amide bonds. The highest BCUT2D eigenvalue weighted by atomic mass is 16.5. The molecule has 1 aliphatic heterocycles. The van der Waals surface area contributed by atoms with Crippen molar-refractivity contribution in [2.75, 3.05) is 11.9 Å². The molecule has 3 heterocycles. The van der Waals surface area contributed by atoms with Gasteiger partial charge in [0.2, 0.25) is 11.6 Å². The average molecular weight is 246 g/mol. The Kier molecular flexibility index (Phi) is 2.40. The smallest absolute Gasteiger partial charge is 0.372 e. The van der Waals surface area contributed by atoms with Gasteiger partial charge >= 0.3 is 5.97 Å². The van der Waals surface area contributed by atoms with Crippen molar-refractivity contribution >= 4 is 11.9 Å². The van der Waals surface area contributed by atoms with Gasteiger partial charge in [-0.25, -0.2) is 4.79 Å². The van der Waals surface area contributed by atoms with E-state index in [0.717, 1.165) is 5.69 Å². The molecule has 1 aliphatic rings. The fourth-order valence-corrected chi connectivity index (χ4v) is 1.80. The van der Waals surface area contributed by atoms with Crippen molar-refractivity contribution in [1.29, 1.82) is 0 Å². The summed E-state index contributed by atoms with van der Waals surface area (Å²) < 4.78 is 10.8. The molecule has 6 nitrogen and oxygen atoms in total. The number of fused-ring (bicyclic) bond motifs is 1. The van der Waals surface area contributed by atoms with E-state index in [-0.39, 0.29) is 11.9 Å². The summed E-state index contributed by atoms with van der Waals surface area (Å²) in [5.41, 5.74) is 0.786. The molecule has 2 aromatic heterocycles. The highest BCUT2D eigenvalue weighted by Gasteiger charge is 2.26. The lowest BCUT2D eigenvalue weighted by Gasteiger charge is -2.23. The Labute approximate surface area is 102 Å². The number of nitrogens with one attached hydrogen (secondary N) is 1. The van der Waals surface area contributed by atoms with Crippen molar-refractivity contribution in [3.05, 3.63) is 41.9 Å². The Morgan fingerprint density at radius 1 is 1.50 bits per heavy atom. The van der Waals surface area contributed by atoms with Gasteiger partial charge in [0.15, 0.2) is 11.9 Å². The first kappa shape index (κ1) is 10.6. The molecule has 92 valence electrons. The van der Waals surface area contributed by atoms with Crippen LogP contribution in [-0.4, -0.2) is 22.6 Å². The number of aromatic nitrogens is 1. The van der Waals surface area contributed by atoms with Gasteiger partial charge in [-0.05, 0) is 12.1 Å². The first-order valence-electron chi connectivity index (χ1n) is 5.42. The average Bonchev–Trinajstić information content (AvgIpc) is 2.82. The van der Waals surface area contributed by atoms with E-state index in [1.807, 2.05) is 18.2 Å². The number of hydrogen-bond donors (Lipinski definition) is 2. The van der Waals surface area contributed by atoms with E-state index in [4.69, 9.17) is 14.3 Å². The highest BCUT2D eigenvalue weighted by Crippen LogP contribution is 2.36. The lowest BCUT2D eigenvalue weighted by atomic mass is 10.2. The second-order valence-corrected chi connectivity index (χ2v) is 3.85. The first-order valence-corrected chi connectivity index (χ1v) is 5.42. The molecule has 0 fully saturated rings. The van der Waals surface area contributed by atoms with Crippen molar-refractivity contribution < 1.29 is 19.1 Å². The number of carboxylic acid groups (broad SMARTS) is 1. The van der Waals surface area contributed by atoms with Gasteiger partial charge in [0.05, 0.1) is 12.2 Å². The quantitative estimate of drug-likeness (QED) is 0.842. The molecule has 0 aromatic carbocycles. The van der Waals surface area contributed by atoms with Crippen LogP contribution in [0.15, 0.2) is 34.9 Å². The van der Waals surface area contributed by atoms with Crippen molar-refractivity contribution in [1.82, 2.24) is 4.98 Å². The van der Waals surface area contributed by atoms with Gasteiger partial charge in [-0.2, -0.15) is 0 Å². The summed E-state index contributed by atoms with van der Waals surface area (Å²) in [5.74, 6) is -0.521. The largest absolute Gasteiger partial charge is 0.477 e. The minimum absolute atomic E-state index is 0.144. The normalized spacial score (nSPS) is 17.4. The van der Waals surface area contributed by atoms with Crippen LogP contribution in [0.2, 0.25) is 0 Å². The molecular weight excluding hydrogens is 236 g/mol. The number of aromatic carboxylic acids is 1. The maximum Gasteiger partial charge on any atom is 0.372 e. The number of nitrogens with zero attached hydrogens (tertiary/aromatic N) is 1. The standard InChI is InChI=1S/C12H10N2O4/c15-12(16)9-5-8-11(18-9)14-6-10(17-8)7-3-1-2-4-13-7/h1-5,10,14H,6H2,(H,15,16). The fourth-order valence-electron chi connectivity index (χ4n) is 1.80. The van der Waals surface area contributed by atoms with E-state index in [9.17, 15) is 4.79 Å². The number of anilines is 1. The molecule has 0 saturated carbocycles. The van der Waals surface area contributed by atoms with Crippen LogP contribution in [0.3, 0.4) is 0 Å². The summed E-state index contributed by atoms with van der Waals surface area (Å²) >= 11 is 0. The number of pyridine rings is 1. The number of ether oxygens (including phenoxy) is 1.